The number of rotatable bonds is 2. The number of aromatic nitrogens is 2. The standard InChI is InChI=1S/C8H9N3/c1-3-6-7(4-2)10-5-11-8(6)9/h3-5H,1-2H2,(H2,9,10,11). The number of nitrogens with zero attached hydrogens (tertiary/aromatic N) is 2. The van der Waals surface area contributed by atoms with Gasteiger partial charge in [-0.15, -0.1) is 0 Å². The number of hydrogen-bond donors (Lipinski definition) is 1. The Kier molecular flexibility index (Phi) is 2.01. The maximum atomic E-state index is 5.54. The topological polar surface area (TPSA) is 51.8 Å². The molecule has 0 radical (unpaired) electrons. The highest BCUT2D eigenvalue weighted by Gasteiger charge is 2.00. The van der Waals surface area contributed by atoms with Crippen molar-refractivity contribution >= 4 is 18.0 Å². The predicted octanol–water partition coefficient (Wildman–Crippen LogP) is 1.34. The van der Waals surface area contributed by atoms with Crippen LogP contribution in [0.3, 0.4) is 0 Å². The molecular formula is C8H9N3. The van der Waals surface area contributed by atoms with Gasteiger partial charge in [-0.2, -0.15) is 0 Å². The Morgan fingerprint density at radius 2 is 2.00 bits per heavy atom. The van der Waals surface area contributed by atoms with Gasteiger partial charge < -0.3 is 5.73 Å². The molecule has 0 amide bonds. The summed E-state index contributed by atoms with van der Waals surface area (Å²) in [6, 6.07) is 0. The number of nitrogens with two attached hydrogens (primary N) is 1. The number of anilines is 1. The molecule has 56 valence electrons. The first-order chi connectivity index (χ1) is 5.29. The van der Waals surface area contributed by atoms with Crippen molar-refractivity contribution in [3.63, 3.8) is 0 Å². The van der Waals surface area contributed by atoms with Gasteiger partial charge in [-0.3, -0.25) is 0 Å². The minimum absolute atomic E-state index is 0.435. The fourth-order valence-electron chi connectivity index (χ4n) is 0.795. The Labute approximate surface area is 65.3 Å². The normalized spacial score (nSPS) is 9.09. The van der Waals surface area contributed by atoms with Crippen LogP contribution < -0.4 is 5.73 Å². The quantitative estimate of drug-likeness (QED) is 0.686. The summed E-state index contributed by atoms with van der Waals surface area (Å²) in [5, 5.41) is 0. The molecule has 0 aromatic carbocycles. The van der Waals surface area contributed by atoms with Crippen molar-refractivity contribution in [1.82, 2.24) is 9.97 Å². The molecule has 0 aliphatic heterocycles. The van der Waals surface area contributed by atoms with E-state index in [1.54, 1.807) is 12.2 Å². The van der Waals surface area contributed by atoms with Gasteiger partial charge in [0.2, 0.25) is 0 Å². The second-order valence-electron chi connectivity index (χ2n) is 1.97. The molecule has 0 fully saturated rings. The fourth-order valence-corrected chi connectivity index (χ4v) is 0.795. The van der Waals surface area contributed by atoms with E-state index in [4.69, 9.17) is 5.73 Å². The zero-order chi connectivity index (χ0) is 8.27. The van der Waals surface area contributed by atoms with Crippen LogP contribution in [0.2, 0.25) is 0 Å². The maximum Gasteiger partial charge on any atom is 0.134 e. The van der Waals surface area contributed by atoms with Crippen molar-refractivity contribution < 1.29 is 0 Å². The molecule has 0 bridgehead atoms. The van der Waals surface area contributed by atoms with Crippen molar-refractivity contribution in [2.24, 2.45) is 0 Å². The van der Waals surface area contributed by atoms with Crippen LogP contribution in [0.1, 0.15) is 11.3 Å². The zero-order valence-corrected chi connectivity index (χ0v) is 6.12. The van der Waals surface area contributed by atoms with Crippen molar-refractivity contribution in [3.05, 3.63) is 30.7 Å². The van der Waals surface area contributed by atoms with Crippen molar-refractivity contribution in [3.8, 4) is 0 Å². The third-order valence-electron chi connectivity index (χ3n) is 1.34. The summed E-state index contributed by atoms with van der Waals surface area (Å²) in [4.78, 5) is 7.75. The zero-order valence-electron chi connectivity index (χ0n) is 6.12. The van der Waals surface area contributed by atoms with Crippen LogP contribution in [0.25, 0.3) is 12.2 Å². The molecule has 0 aliphatic carbocycles. The first-order valence-corrected chi connectivity index (χ1v) is 3.15. The average Bonchev–Trinajstić information content (AvgIpc) is 2.04. The summed E-state index contributed by atoms with van der Waals surface area (Å²) < 4.78 is 0. The predicted molar refractivity (Wildman–Crippen MR) is 46.6 cm³/mol. The van der Waals surface area contributed by atoms with Gasteiger partial charge in [-0.25, -0.2) is 9.97 Å². The summed E-state index contributed by atoms with van der Waals surface area (Å²) >= 11 is 0. The molecule has 0 aliphatic rings. The van der Waals surface area contributed by atoms with Crippen molar-refractivity contribution in [2.45, 2.75) is 0 Å². The molecule has 0 saturated heterocycles. The molecule has 1 rings (SSSR count). The van der Waals surface area contributed by atoms with Gasteiger partial charge in [0.1, 0.15) is 12.1 Å². The van der Waals surface area contributed by atoms with Crippen LogP contribution in [0.15, 0.2) is 19.5 Å². The SMILES string of the molecule is C=Cc1ncnc(N)c1C=C. The molecule has 2 N–H and O–H groups in total. The summed E-state index contributed by atoms with van der Waals surface area (Å²) in [5.74, 6) is 0.435. The molecule has 0 saturated carbocycles. The molecule has 1 aromatic rings. The Morgan fingerprint density at radius 3 is 2.45 bits per heavy atom. The third-order valence-corrected chi connectivity index (χ3v) is 1.34. The van der Waals surface area contributed by atoms with Crippen molar-refractivity contribution in [1.29, 1.82) is 0 Å². The summed E-state index contributed by atoms with van der Waals surface area (Å²) in [5.41, 5.74) is 6.99. The third kappa shape index (κ3) is 1.26. The largest absolute Gasteiger partial charge is 0.383 e. The second kappa shape index (κ2) is 2.96. The van der Waals surface area contributed by atoms with E-state index in [1.165, 1.54) is 6.33 Å². The summed E-state index contributed by atoms with van der Waals surface area (Å²) in [6.45, 7) is 7.18. The average molecular weight is 147 g/mol. The highest BCUT2D eigenvalue weighted by Crippen LogP contribution is 2.13. The van der Waals surface area contributed by atoms with Crippen LogP contribution >= 0.6 is 0 Å². The van der Waals surface area contributed by atoms with Gasteiger partial charge in [0.25, 0.3) is 0 Å². The molecule has 3 heteroatoms. The molecule has 1 heterocycles. The lowest BCUT2D eigenvalue weighted by molar-refractivity contribution is 1.15. The maximum absolute atomic E-state index is 5.54. The molecule has 3 nitrogen and oxygen atoms in total. The van der Waals surface area contributed by atoms with E-state index in [9.17, 15) is 0 Å². The summed E-state index contributed by atoms with van der Waals surface area (Å²) in [7, 11) is 0. The lowest BCUT2D eigenvalue weighted by Crippen LogP contribution is -1.97. The lowest BCUT2D eigenvalue weighted by Gasteiger charge is -2.00. The van der Waals surface area contributed by atoms with E-state index in [0.717, 1.165) is 5.56 Å². The summed E-state index contributed by atoms with van der Waals surface area (Å²) in [6.07, 6.45) is 4.64. The Hall–Kier alpha value is -1.64. The number of hydrogen-bond acceptors (Lipinski definition) is 3. The van der Waals surface area contributed by atoms with Gasteiger partial charge in [0.05, 0.1) is 5.69 Å². The molecule has 0 spiro atoms. The van der Waals surface area contributed by atoms with Crippen LogP contribution in [-0.2, 0) is 0 Å². The minimum atomic E-state index is 0.435. The van der Waals surface area contributed by atoms with Crippen LogP contribution in [0.4, 0.5) is 5.82 Å². The van der Waals surface area contributed by atoms with Gasteiger partial charge in [0.15, 0.2) is 0 Å². The van der Waals surface area contributed by atoms with Crippen LogP contribution in [0.5, 0.6) is 0 Å². The van der Waals surface area contributed by atoms with E-state index in [2.05, 4.69) is 23.1 Å². The highest BCUT2D eigenvalue weighted by molar-refractivity contribution is 5.68. The van der Waals surface area contributed by atoms with E-state index < -0.39 is 0 Å². The molecule has 0 atom stereocenters. The molecule has 11 heavy (non-hydrogen) atoms. The van der Waals surface area contributed by atoms with Crippen LogP contribution in [-0.4, -0.2) is 9.97 Å². The van der Waals surface area contributed by atoms with Gasteiger partial charge in [-0.05, 0) is 6.08 Å². The van der Waals surface area contributed by atoms with Crippen molar-refractivity contribution in [2.75, 3.05) is 5.73 Å². The van der Waals surface area contributed by atoms with Gasteiger partial charge in [0, 0.05) is 5.56 Å². The second-order valence-corrected chi connectivity index (χ2v) is 1.97. The lowest BCUT2D eigenvalue weighted by atomic mass is 10.2. The van der Waals surface area contributed by atoms with E-state index in [1.807, 2.05) is 0 Å². The molecular weight excluding hydrogens is 138 g/mol. The van der Waals surface area contributed by atoms with E-state index in [0.29, 0.717) is 11.5 Å². The van der Waals surface area contributed by atoms with Gasteiger partial charge in [-0.1, -0.05) is 19.2 Å². The first-order valence-electron chi connectivity index (χ1n) is 3.15. The monoisotopic (exact) mass is 147 g/mol. The molecule has 0 unspecified atom stereocenters. The van der Waals surface area contributed by atoms with Crippen LogP contribution in [0, 0.1) is 0 Å². The fraction of sp³-hybridized carbons (Fsp3) is 0. The molecule has 1 aromatic heterocycles. The highest BCUT2D eigenvalue weighted by atomic mass is 14.9. The Bertz CT molecular complexity index is 291. The van der Waals surface area contributed by atoms with E-state index in [-0.39, 0.29) is 0 Å². The first kappa shape index (κ1) is 7.47. The minimum Gasteiger partial charge on any atom is -0.383 e. The Balaban J connectivity index is 3.35. The van der Waals surface area contributed by atoms with E-state index >= 15 is 0 Å². The smallest absolute Gasteiger partial charge is 0.134 e. The van der Waals surface area contributed by atoms with Gasteiger partial charge >= 0.3 is 0 Å². The number of nitrogen functional groups attached to an aromatic ring is 1. The Morgan fingerprint density at radius 1 is 1.27 bits per heavy atom.